The predicted octanol–water partition coefficient (Wildman–Crippen LogP) is -4.31. The third kappa shape index (κ3) is 7.77. The Hall–Kier alpha value is -0.0773. The first-order chi connectivity index (χ1) is 16.4. The Labute approximate surface area is 296 Å². The van der Waals surface area contributed by atoms with Gasteiger partial charge in [-0.05, 0) is 55.6 Å². The molecule has 0 radical (unpaired) electrons. The molecular weight excluding hydrogens is 570 g/mol. The van der Waals surface area contributed by atoms with E-state index in [4.69, 9.17) is 19.7 Å². The van der Waals surface area contributed by atoms with E-state index in [2.05, 4.69) is 14.3 Å². The van der Waals surface area contributed by atoms with Crippen molar-refractivity contribution in [3.05, 3.63) is 53.7 Å². The number of hydrogen-bond donors (Lipinski definition) is 0. The van der Waals surface area contributed by atoms with E-state index >= 15 is 0 Å². The number of fused-ring (bicyclic) bond motifs is 2. The Morgan fingerprint density at radius 2 is 1.65 bits per heavy atom. The zero-order chi connectivity index (χ0) is 25.4. The van der Waals surface area contributed by atoms with Crippen LogP contribution in [0.3, 0.4) is 0 Å². The SMILES string of the molecule is O=C([O-])[O-].O=S1(=O)CCN2C(=N1)C1(c3ccc(Oc4cccc(C(F)(F)F)n4)cc3)CCC2CC1.[K+].[K+]. The molecule has 0 spiro atoms. The Morgan fingerprint density at radius 3 is 2.22 bits per heavy atom. The van der Waals surface area contributed by atoms with Gasteiger partial charge in [0.25, 0.3) is 10.0 Å². The minimum atomic E-state index is -4.55. The number of halogens is 3. The number of sulfonamides is 1. The summed E-state index contributed by atoms with van der Waals surface area (Å²) in [5.41, 5.74) is -0.540. The largest absolute Gasteiger partial charge is 1.00 e. The summed E-state index contributed by atoms with van der Waals surface area (Å²) < 4.78 is 72.7. The Balaban J connectivity index is 0.000000750. The topological polar surface area (TPSA) is 135 Å². The van der Waals surface area contributed by atoms with Crippen molar-refractivity contribution in [2.45, 2.75) is 43.3 Å². The van der Waals surface area contributed by atoms with Crippen molar-refractivity contribution >= 4 is 22.0 Å². The van der Waals surface area contributed by atoms with E-state index in [0.29, 0.717) is 24.2 Å². The first kappa shape index (κ1) is 33.1. The van der Waals surface area contributed by atoms with Gasteiger partial charge in [-0.25, -0.2) is 13.4 Å². The number of carbonyl (C=O) groups excluding carboxylic acids is 1. The van der Waals surface area contributed by atoms with Gasteiger partial charge in [0.2, 0.25) is 5.88 Å². The summed E-state index contributed by atoms with van der Waals surface area (Å²) >= 11 is 0. The van der Waals surface area contributed by atoms with Crippen molar-refractivity contribution < 1.29 is 144 Å². The third-order valence-corrected chi connectivity index (χ3v) is 7.56. The average molecular weight is 590 g/mol. The number of carboxylic acid groups (broad SMARTS) is 2. The van der Waals surface area contributed by atoms with Gasteiger partial charge < -0.3 is 24.6 Å². The number of benzene rings is 1. The molecule has 1 aromatic heterocycles. The van der Waals surface area contributed by atoms with Crippen molar-refractivity contribution in [3.8, 4) is 11.6 Å². The van der Waals surface area contributed by atoms with Crippen LogP contribution in [0.25, 0.3) is 0 Å². The van der Waals surface area contributed by atoms with E-state index in [1.165, 1.54) is 12.1 Å². The molecule has 0 amide bonds. The fourth-order valence-electron chi connectivity index (χ4n) is 4.91. The summed E-state index contributed by atoms with van der Waals surface area (Å²) in [6.45, 7) is 0.468. The zero-order valence-electron chi connectivity index (χ0n) is 20.2. The van der Waals surface area contributed by atoms with E-state index in [1.54, 1.807) is 12.1 Å². The molecule has 0 N–H and O–H groups in total. The Bertz CT molecular complexity index is 1250. The van der Waals surface area contributed by atoms with Crippen LogP contribution in [0.1, 0.15) is 36.9 Å². The normalized spacial score (nSPS) is 23.2. The molecule has 0 atom stereocenters. The smallest absolute Gasteiger partial charge is 0.652 e. The molecule has 9 nitrogen and oxygen atoms in total. The van der Waals surface area contributed by atoms with Crippen LogP contribution in [0, 0.1) is 0 Å². The summed E-state index contributed by atoms with van der Waals surface area (Å²) in [5.74, 6) is 0.883. The van der Waals surface area contributed by atoms with E-state index in [0.717, 1.165) is 37.3 Å². The van der Waals surface area contributed by atoms with Gasteiger partial charge in [0, 0.05) is 18.7 Å². The predicted molar refractivity (Wildman–Crippen MR) is 113 cm³/mol. The van der Waals surface area contributed by atoms with Crippen LogP contribution in [0.4, 0.5) is 18.0 Å². The van der Waals surface area contributed by atoms with Gasteiger partial charge in [0.1, 0.15) is 17.3 Å². The molecule has 37 heavy (non-hydrogen) atoms. The molecule has 1 aromatic carbocycles. The van der Waals surface area contributed by atoms with Crippen LogP contribution in [-0.4, -0.2) is 48.6 Å². The van der Waals surface area contributed by atoms with Gasteiger partial charge in [0.05, 0.1) is 11.2 Å². The van der Waals surface area contributed by atoms with Crippen molar-refractivity contribution in [2.24, 2.45) is 4.40 Å². The second-order valence-electron chi connectivity index (χ2n) is 8.44. The quantitative estimate of drug-likeness (QED) is 0.328. The van der Waals surface area contributed by atoms with Gasteiger partial charge in [0.15, 0.2) is 0 Å². The minimum Gasteiger partial charge on any atom is -0.652 e. The van der Waals surface area contributed by atoms with Gasteiger partial charge in [-0.15, -0.1) is 4.40 Å². The van der Waals surface area contributed by atoms with Crippen molar-refractivity contribution in [1.82, 2.24) is 9.88 Å². The maximum Gasteiger partial charge on any atom is 1.00 e. The fraction of sp³-hybridized carbons (Fsp3) is 0.409. The molecule has 4 aliphatic rings. The average Bonchev–Trinajstić information content (AvgIpc) is 2.79. The second kappa shape index (κ2) is 13.1. The molecule has 15 heteroatoms. The Kier molecular flexibility index (Phi) is 11.7. The Morgan fingerprint density at radius 1 is 1.05 bits per heavy atom. The molecule has 3 aliphatic heterocycles. The first-order valence-electron chi connectivity index (χ1n) is 10.7. The second-order valence-corrected chi connectivity index (χ2v) is 10.2. The number of carbonyl (C=O) groups is 1. The number of amidine groups is 1. The van der Waals surface area contributed by atoms with Crippen LogP contribution in [0.2, 0.25) is 0 Å². The van der Waals surface area contributed by atoms with E-state index in [1.807, 2.05) is 12.1 Å². The number of pyridine rings is 1. The fourth-order valence-corrected chi connectivity index (χ4v) is 5.97. The van der Waals surface area contributed by atoms with E-state index in [-0.39, 0.29) is 114 Å². The molecule has 2 bridgehead atoms. The van der Waals surface area contributed by atoms with Crippen LogP contribution < -0.4 is 118 Å². The van der Waals surface area contributed by atoms with Crippen LogP contribution in [-0.2, 0) is 21.6 Å². The monoisotopic (exact) mass is 589 g/mol. The van der Waals surface area contributed by atoms with E-state index < -0.39 is 33.5 Å². The van der Waals surface area contributed by atoms with Crippen LogP contribution >= 0.6 is 0 Å². The maximum absolute atomic E-state index is 12.9. The molecule has 4 heterocycles. The summed E-state index contributed by atoms with van der Waals surface area (Å²) in [7, 11) is -3.47. The number of alkyl halides is 3. The molecule has 2 saturated heterocycles. The number of aromatic nitrogens is 1. The number of rotatable bonds is 3. The van der Waals surface area contributed by atoms with Crippen LogP contribution in [0.15, 0.2) is 46.9 Å². The van der Waals surface area contributed by atoms with Crippen molar-refractivity contribution in [3.63, 3.8) is 0 Å². The molecule has 1 aliphatic carbocycles. The molecular formula is C22H20F3K2N3O6S. The van der Waals surface area contributed by atoms with Gasteiger partial charge in [-0.1, -0.05) is 18.2 Å². The summed E-state index contributed by atoms with van der Waals surface area (Å²) in [4.78, 5) is 14.0. The molecule has 2 aromatic rings. The number of piperidine rings is 2. The summed E-state index contributed by atoms with van der Waals surface area (Å²) in [6, 6.07) is 10.9. The first-order valence-corrected chi connectivity index (χ1v) is 12.3. The van der Waals surface area contributed by atoms with Crippen molar-refractivity contribution in [2.75, 3.05) is 12.3 Å². The minimum absolute atomic E-state index is 0. The van der Waals surface area contributed by atoms with Gasteiger partial charge in [-0.2, -0.15) is 13.2 Å². The molecule has 3 fully saturated rings. The molecule has 0 unspecified atom stereocenters. The van der Waals surface area contributed by atoms with E-state index in [9.17, 15) is 21.6 Å². The molecule has 6 rings (SSSR count). The zero-order valence-corrected chi connectivity index (χ0v) is 27.3. The van der Waals surface area contributed by atoms with Gasteiger partial charge in [-0.3, -0.25) is 0 Å². The van der Waals surface area contributed by atoms with Gasteiger partial charge >= 0.3 is 109 Å². The number of hydrogen-bond acceptors (Lipinski definition) is 8. The number of ether oxygens (including phenoxy) is 1. The number of nitrogens with zero attached hydrogens (tertiary/aromatic N) is 3. The molecule has 188 valence electrons. The molecule has 1 saturated carbocycles. The summed E-state index contributed by atoms with van der Waals surface area (Å²) in [5, 5.41) is 16.7. The standard InChI is InChI=1S/C21H20F3N3O3S.CH2O3.2K/c22-21(23,24)17-2-1-3-18(25-17)30-16-6-4-14(5-7-16)20-10-8-15(9-11-20)27-12-13-31(28,29)26-19(20)27;2-1(3)4;;/h1-7,15H,8-13H2;(H2,2,3,4);;/q;;2*+1/p-2. The maximum atomic E-state index is 12.9. The van der Waals surface area contributed by atoms with Crippen LogP contribution in [0.5, 0.6) is 11.6 Å². The summed E-state index contributed by atoms with van der Waals surface area (Å²) in [6.07, 6.45) is -3.29. The third-order valence-electron chi connectivity index (χ3n) is 6.41. The van der Waals surface area contributed by atoms with Crippen molar-refractivity contribution in [1.29, 1.82) is 0 Å².